The number of alkyl halides is 3. The molecule has 0 fully saturated rings. The summed E-state index contributed by atoms with van der Waals surface area (Å²) >= 11 is 5.61. The van der Waals surface area contributed by atoms with Gasteiger partial charge in [-0.3, -0.25) is 0 Å². The molecule has 0 radical (unpaired) electrons. The van der Waals surface area contributed by atoms with E-state index in [2.05, 4.69) is 4.74 Å². The summed E-state index contributed by atoms with van der Waals surface area (Å²) in [5.74, 6) is -1.77. The molecule has 0 bridgehead atoms. The highest BCUT2D eigenvalue weighted by Gasteiger charge is 2.31. The SMILES string of the molecule is NC/C(=C/c1ccc(OC(F)(F)F)c(Cl)c1)C(=O)O. The molecule has 104 valence electrons. The molecule has 0 aromatic heterocycles. The summed E-state index contributed by atoms with van der Waals surface area (Å²) in [6, 6.07) is 3.39. The predicted octanol–water partition coefficient (Wildman–Crippen LogP) is 2.67. The standard InChI is InChI=1S/C11H9ClF3NO3/c12-8-4-6(3-7(5-16)10(17)18)1-2-9(8)19-11(13,14)15/h1-4H,5,16H2,(H,17,18)/b7-3-. The van der Waals surface area contributed by atoms with E-state index in [-0.39, 0.29) is 17.1 Å². The summed E-state index contributed by atoms with van der Waals surface area (Å²) in [5, 5.41) is 8.47. The van der Waals surface area contributed by atoms with Crippen molar-refractivity contribution in [2.24, 2.45) is 5.73 Å². The van der Waals surface area contributed by atoms with Crippen molar-refractivity contribution in [3.63, 3.8) is 0 Å². The molecular weight excluding hydrogens is 287 g/mol. The summed E-state index contributed by atoms with van der Waals surface area (Å²) in [6.07, 6.45) is -3.63. The number of rotatable bonds is 4. The van der Waals surface area contributed by atoms with Gasteiger partial charge in [-0.25, -0.2) is 4.79 Å². The minimum Gasteiger partial charge on any atom is -0.478 e. The molecule has 8 heteroatoms. The monoisotopic (exact) mass is 295 g/mol. The first-order valence-corrected chi connectivity index (χ1v) is 5.30. The third-order valence-electron chi connectivity index (χ3n) is 2.02. The lowest BCUT2D eigenvalue weighted by Crippen LogP contribution is -2.17. The van der Waals surface area contributed by atoms with Gasteiger partial charge >= 0.3 is 12.3 Å². The van der Waals surface area contributed by atoms with Crippen molar-refractivity contribution in [1.82, 2.24) is 0 Å². The van der Waals surface area contributed by atoms with Gasteiger partial charge in [-0.1, -0.05) is 17.7 Å². The van der Waals surface area contributed by atoms with E-state index in [9.17, 15) is 18.0 Å². The van der Waals surface area contributed by atoms with Crippen LogP contribution in [0, 0.1) is 0 Å². The van der Waals surface area contributed by atoms with Crippen molar-refractivity contribution >= 4 is 23.6 Å². The Kier molecular flexibility index (Phi) is 4.79. The van der Waals surface area contributed by atoms with Gasteiger partial charge in [0.2, 0.25) is 0 Å². The normalized spacial score (nSPS) is 12.4. The van der Waals surface area contributed by atoms with E-state index < -0.39 is 18.1 Å². The van der Waals surface area contributed by atoms with Gasteiger partial charge in [-0.05, 0) is 23.8 Å². The molecule has 0 aliphatic rings. The van der Waals surface area contributed by atoms with Crippen LogP contribution in [0.5, 0.6) is 5.75 Å². The molecule has 3 N–H and O–H groups in total. The van der Waals surface area contributed by atoms with Crippen molar-refractivity contribution in [2.75, 3.05) is 6.54 Å². The van der Waals surface area contributed by atoms with Crippen molar-refractivity contribution in [2.45, 2.75) is 6.36 Å². The smallest absolute Gasteiger partial charge is 0.478 e. The molecule has 0 saturated heterocycles. The number of nitrogens with two attached hydrogens (primary N) is 1. The van der Waals surface area contributed by atoms with Crippen molar-refractivity contribution < 1.29 is 27.8 Å². The van der Waals surface area contributed by atoms with Gasteiger partial charge in [-0.2, -0.15) is 0 Å². The zero-order chi connectivity index (χ0) is 14.6. The Balaban J connectivity index is 3.03. The molecule has 1 aromatic rings. The number of aliphatic carboxylic acids is 1. The van der Waals surface area contributed by atoms with E-state index >= 15 is 0 Å². The Morgan fingerprint density at radius 3 is 2.53 bits per heavy atom. The topological polar surface area (TPSA) is 72.5 Å². The minimum atomic E-state index is -4.84. The first-order valence-electron chi connectivity index (χ1n) is 4.92. The lowest BCUT2D eigenvalue weighted by atomic mass is 10.1. The van der Waals surface area contributed by atoms with Gasteiger partial charge in [-0.15, -0.1) is 13.2 Å². The van der Waals surface area contributed by atoms with Crippen LogP contribution in [0.1, 0.15) is 5.56 Å². The maximum absolute atomic E-state index is 12.0. The number of hydrogen-bond acceptors (Lipinski definition) is 3. The van der Waals surface area contributed by atoms with E-state index in [4.69, 9.17) is 22.4 Å². The molecule has 0 aliphatic heterocycles. The highest BCUT2D eigenvalue weighted by Crippen LogP contribution is 2.31. The van der Waals surface area contributed by atoms with Gasteiger partial charge in [0.25, 0.3) is 0 Å². The van der Waals surface area contributed by atoms with Crippen LogP contribution in [0.25, 0.3) is 6.08 Å². The Labute approximate surface area is 111 Å². The molecule has 0 amide bonds. The van der Waals surface area contributed by atoms with Gasteiger partial charge in [0, 0.05) is 6.54 Å². The van der Waals surface area contributed by atoms with Gasteiger partial charge in [0.1, 0.15) is 5.75 Å². The second-order valence-corrected chi connectivity index (χ2v) is 3.82. The molecule has 0 spiro atoms. The molecule has 0 atom stereocenters. The largest absolute Gasteiger partial charge is 0.573 e. The van der Waals surface area contributed by atoms with Crippen LogP contribution in [0.4, 0.5) is 13.2 Å². The van der Waals surface area contributed by atoms with E-state index in [1.54, 1.807) is 0 Å². The molecule has 0 aliphatic carbocycles. The average molecular weight is 296 g/mol. The van der Waals surface area contributed by atoms with Crippen LogP contribution in [-0.4, -0.2) is 24.0 Å². The second-order valence-electron chi connectivity index (χ2n) is 3.42. The van der Waals surface area contributed by atoms with E-state index in [1.807, 2.05) is 0 Å². The zero-order valence-corrected chi connectivity index (χ0v) is 10.1. The average Bonchev–Trinajstić information content (AvgIpc) is 2.27. The summed E-state index contributed by atoms with van der Waals surface area (Å²) < 4.78 is 39.7. The zero-order valence-electron chi connectivity index (χ0n) is 9.37. The fourth-order valence-corrected chi connectivity index (χ4v) is 1.45. The second kappa shape index (κ2) is 5.94. The van der Waals surface area contributed by atoms with E-state index in [1.165, 1.54) is 12.1 Å². The van der Waals surface area contributed by atoms with Gasteiger partial charge < -0.3 is 15.6 Å². The van der Waals surface area contributed by atoms with Gasteiger partial charge in [0.15, 0.2) is 0 Å². The lowest BCUT2D eigenvalue weighted by molar-refractivity contribution is -0.274. The Morgan fingerprint density at radius 1 is 1.47 bits per heavy atom. The third kappa shape index (κ3) is 4.80. The molecule has 0 unspecified atom stereocenters. The maximum Gasteiger partial charge on any atom is 0.573 e. The Morgan fingerprint density at radius 2 is 2.11 bits per heavy atom. The summed E-state index contributed by atoms with van der Waals surface area (Å²) in [7, 11) is 0. The number of carboxylic acid groups (broad SMARTS) is 1. The molecule has 4 nitrogen and oxygen atoms in total. The number of hydrogen-bond donors (Lipinski definition) is 2. The first-order chi connectivity index (χ1) is 8.73. The number of ether oxygens (including phenoxy) is 1. The maximum atomic E-state index is 12.0. The number of benzene rings is 1. The van der Waals surface area contributed by atoms with E-state index in [0.29, 0.717) is 5.56 Å². The summed E-state index contributed by atoms with van der Waals surface area (Å²) in [6.45, 7) is -0.215. The van der Waals surface area contributed by atoms with Crippen LogP contribution in [0.15, 0.2) is 23.8 Å². The first kappa shape index (κ1) is 15.3. The van der Waals surface area contributed by atoms with Crippen LogP contribution >= 0.6 is 11.6 Å². The highest BCUT2D eigenvalue weighted by atomic mass is 35.5. The lowest BCUT2D eigenvalue weighted by Gasteiger charge is -2.10. The fourth-order valence-electron chi connectivity index (χ4n) is 1.22. The van der Waals surface area contributed by atoms with Crippen LogP contribution in [0.3, 0.4) is 0 Å². The quantitative estimate of drug-likeness (QED) is 0.838. The molecule has 0 saturated carbocycles. The number of carboxylic acids is 1. The summed E-state index contributed by atoms with van der Waals surface area (Å²) in [5.41, 5.74) is 5.43. The van der Waals surface area contributed by atoms with Crippen LogP contribution in [0.2, 0.25) is 5.02 Å². The predicted molar refractivity (Wildman–Crippen MR) is 62.8 cm³/mol. The fraction of sp³-hybridized carbons (Fsp3) is 0.182. The highest BCUT2D eigenvalue weighted by molar-refractivity contribution is 6.32. The van der Waals surface area contributed by atoms with Crippen molar-refractivity contribution in [1.29, 1.82) is 0 Å². The molecule has 1 aromatic carbocycles. The van der Waals surface area contributed by atoms with Crippen molar-refractivity contribution in [3.05, 3.63) is 34.4 Å². The summed E-state index contributed by atoms with van der Waals surface area (Å²) in [4.78, 5) is 10.7. The third-order valence-corrected chi connectivity index (χ3v) is 2.31. The van der Waals surface area contributed by atoms with Crippen LogP contribution in [-0.2, 0) is 4.79 Å². The molecule has 19 heavy (non-hydrogen) atoms. The number of carbonyl (C=O) groups is 1. The molecule has 0 heterocycles. The van der Waals surface area contributed by atoms with Crippen LogP contribution < -0.4 is 10.5 Å². The Hall–Kier alpha value is -1.73. The van der Waals surface area contributed by atoms with Crippen molar-refractivity contribution in [3.8, 4) is 5.75 Å². The molecule has 1 rings (SSSR count). The number of halogens is 4. The molecular formula is C11H9ClF3NO3. The van der Waals surface area contributed by atoms with Gasteiger partial charge in [0.05, 0.1) is 10.6 Å². The minimum absolute atomic E-state index is 0.0967. The van der Waals surface area contributed by atoms with E-state index in [0.717, 1.165) is 12.1 Å². The Bertz CT molecular complexity index is 514.